The average Bonchev–Trinajstić information content (AvgIpc) is 2.66. The summed E-state index contributed by atoms with van der Waals surface area (Å²) in [5, 5.41) is 0. The Labute approximate surface area is 137 Å². The molecule has 1 aliphatic rings. The summed E-state index contributed by atoms with van der Waals surface area (Å²) in [6.07, 6.45) is 3.51. The summed E-state index contributed by atoms with van der Waals surface area (Å²) in [6.45, 7) is 7.00. The van der Waals surface area contributed by atoms with Gasteiger partial charge in [-0.05, 0) is 57.1 Å². The number of benzene rings is 1. The minimum absolute atomic E-state index is 0.136. The van der Waals surface area contributed by atoms with Gasteiger partial charge in [-0.2, -0.15) is 0 Å². The predicted octanol–water partition coefficient (Wildman–Crippen LogP) is 3.26. The SMILES string of the molecule is CCC1CN(C)CCCN1CCC(N)c1ccc(Br)cc1. The van der Waals surface area contributed by atoms with Crippen LogP contribution in [0, 0.1) is 0 Å². The summed E-state index contributed by atoms with van der Waals surface area (Å²) in [4.78, 5) is 5.10. The lowest BCUT2D eigenvalue weighted by molar-refractivity contribution is 0.178. The second-order valence-corrected chi connectivity index (χ2v) is 7.08. The summed E-state index contributed by atoms with van der Waals surface area (Å²) in [7, 11) is 2.24. The van der Waals surface area contributed by atoms with Crippen LogP contribution in [-0.2, 0) is 0 Å². The Morgan fingerprint density at radius 1 is 1.29 bits per heavy atom. The summed E-state index contributed by atoms with van der Waals surface area (Å²) in [6, 6.07) is 9.21. The third-order valence-corrected chi connectivity index (χ3v) is 5.05. The van der Waals surface area contributed by atoms with E-state index in [0.29, 0.717) is 6.04 Å². The van der Waals surface area contributed by atoms with Gasteiger partial charge in [0.05, 0.1) is 0 Å². The van der Waals surface area contributed by atoms with Crippen LogP contribution < -0.4 is 5.73 Å². The van der Waals surface area contributed by atoms with Crippen molar-refractivity contribution in [1.29, 1.82) is 0 Å². The molecule has 1 aliphatic heterocycles. The molecular formula is C17H28BrN3. The lowest BCUT2D eigenvalue weighted by Gasteiger charge is -2.31. The van der Waals surface area contributed by atoms with Crippen molar-refractivity contribution in [2.24, 2.45) is 5.73 Å². The molecule has 2 unspecified atom stereocenters. The average molecular weight is 354 g/mol. The van der Waals surface area contributed by atoms with Crippen LogP contribution in [-0.4, -0.2) is 49.1 Å². The maximum Gasteiger partial charge on any atom is 0.0307 e. The zero-order valence-corrected chi connectivity index (χ0v) is 14.8. The van der Waals surface area contributed by atoms with E-state index in [1.165, 1.54) is 38.0 Å². The van der Waals surface area contributed by atoms with Crippen LogP contribution in [0.3, 0.4) is 0 Å². The molecule has 1 aromatic carbocycles. The number of nitrogens with zero attached hydrogens (tertiary/aromatic N) is 2. The minimum atomic E-state index is 0.136. The van der Waals surface area contributed by atoms with Crippen molar-refractivity contribution >= 4 is 15.9 Å². The summed E-state index contributed by atoms with van der Waals surface area (Å²) in [5.41, 5.74) is 7.60. The molecule has 0 saturated carbocycles. The molecule has 3 nitrogen and oxygen atoms in total. The fourth-order valence-electron chi connectivity index (χ4n) is 3.16. The van der Waals surface area contributed by atoms with E-state index in [0.717, 1.165) is 17.4 Å². The van der Waals surface area contributed by atoms with Gasteiger partial charge in [0.15, 0.2) is 0 Å². The monoisotopic (exact) mass is 353 g/mol. The highest BCUT2D eigenvalue weighted by atomic mass is 79.9. The fourth-order valence-corrected chi connectivity index (χ4v) is 3.42. The Hall–Kier alpha value is -0.420. The van der Waals surface area contributed by atoms with Crippen molar-refractivity contribution in [3.05, 3.63) is 34.3 Å². The van der Waals surface area contributed by atoms with Crippen LogP contribution in [0.1, 0.15) is 37.8 Å². The van der Waals surface area contributed by atoms with E-state index in [-0.39, 0.29) is 6.04 Å². The Morgan fingerprint density at radius 2 is 2.00 bits per heavy atom. The fraction of sp³-hybridized carbons (Fsp3) is 0.647. The third-order valence-electron chi connectivity index (χ3n) is 4.52. The topological polar surface area (TPSA) is 32.5 Å². The second-order valence-electron chi connectivity index (χ2n) is 6.16. The smallest absolute Gasteiger partial charge is 0.0307 e. The Morgan fingerprint density at radius 3 is 2.67 bits per heavy atom. The van der Waals surface area contributed by atoms with E-state index >= 15 is 0 Å². The van der Waals surface area contributed by atoms with Crippen molar-refractivity contribution in [3.8, 4) is 0 Å². The van der Waals surface area contributed by atoms with Crippen LogP contribution in [0.2, 0.25) is 0 Å². The maximum absolute atomic E-state index is 6.36. The summed E-state index contributed by atoms with van der Waals surface area (Å²) < 4.78 is 1.11. The lowest BCUT2D eigenvalue weighted by atomic mass is 10.0. The molecule has 0 radical (unpaired) electrons. The third kappa shape index (κ3) is 5.06. The highest BCUT2D eigenvalue weighted by Crippen LogP contribution is 2.19. The molecule has 1 heterocycles. The first kappa shape index (κ1) is 16.9. The summed E-state index contributed by atoms with van der Waals surface area (Å²) in [5.74, 6) is 0. The van der Waals surface area contributed by atoms with E-state index in [1.807, 2.05) is 0 Å². The summed E-state index contributed by atoms with van der Waals surface area (Å²) >= 11 is 3.47. The molecule has 0 amide bonds. The Balaban J connectivity index is 1.89. The zero-order valence-electron chi connectivity index (χ0n) is 13.3. The first-order chi connectivity index (χ1) is 10.1. The number of likely N-dealkylation sites (N-methyl/N-ethyl adjacent to an activating group) is 1. The quantitative estimate of drug-likeness (QED) is 0.881. The van der Waals surface area contributed by atoms with Gasteiger partial charge in [-0.1, -0.05) is 35.0 Å². The zero-order chi connectivity index (χ0) is 15.2. The van der Waals surface area contributed by atoms with E-state index in [9.17, 15) is 0 Å². The van der Waals surface area contributed by atoms with E-state index in [4.69, 9.17) is 5.73 Å². The molecule has 118 valence electrons. The molecule has 2 N–H and O–H groups in total. The highest BCUT2D eigenvalue weighted by molar-refractivity contribution is 9.10. The van der Waals surface area contributed by atoms with Gasteiger partial charge < -0.3 is 10.6 Å². The molecule has 4 heteroatoms. The standard InChI is InChI=1S/C17H28BrN3/c1-3-16-13-20(2)10-4-11-21(16)12-9-17(19)14-5-7-15(18)8-6-14/h5-8,16-17H,3-4,9-13,19H2,1-2H3. The van der Waals surface area contributed by atoms with Crippen LogP contribution >= 0.6 is 15.9 Å². The number of nitrogens with two attached hydrogens (primary N) is 1. The number of hydrogen-bond donors (Lipinski definition) is 1. The van der Waals surface area contributed by atoms with Crippen molar-refractivity contribution in [1.82, 2.24) is 9.80 Å². The van der Waals surface area contributed by atoms with Crippen LogP contribution in [0.25, 0.3) is 0 Å². The van der Waals surface area contributed by atoms with Gasteiger partial charge in [-0.3, -0.25) is 4.90 Å². The molecule has 1 saturated heterocycles. The van der Waals surface area contributed by atoms with Crippen LogP contribution in [0.5, 0.6) is 0 Å². The van der Waals surface area contributed by atoms with E-state index in [1.54, 1.807) is 0 Å². The maximum atomic E-state index is 6.36. The largest absolute Gasteiger partial charge is 0.324 e. The van der Waals surface area contributed by atoms with Crippen molar-refractivity contribution < 1.29 is 0 Å². The number of halogens is 1. The first-order valence-corrected chi connectivity index (χ1v) is 8.83. The van der Waals surface area contributed by atoms with Gasteiger partial charge in [0.2, 0.25) is 0 Å². The van der Waals surface area contributed by atoms with Crippen molar-refractivity contribution in [2.45, 2.75) is 38.3 Å². The molecule has 0 aliphatic carbocycles. The molecule has 0 aromatic heterocycles. The molecule has 2 rings (SSSR count). The molecule has 2 atom stereocenters. The lowest BCUT2D eigenvalue weighted by Crippen LogP contribution is -2.40. The van der Waals surface area contributed by atoms with E-state index in [2.05, 4.69) is 64.0 Å². The van der Waals surface area contributed by atoms with E-state index < -0.39 is 0 Å². The van der Waals surface area contributed by atoms with Gasteiger partial charge in [0, 0.05) is 29.6 Å². The van der Waals surface area contributed by atoms with Gasteiger partial charge in [0.25, 0.3) is 0 Å². The Kier molecular flexibility index (Phi) is 6.68. The molecular weight excluding hydrogens is 326 g/mol. The van der Waals surface area contributed by atoms with Gasteiger partial charge >= 0.3 is 0 Å². The van der Waals surface area contributed by atoms with Gasteiger partial charge in [-0.25, -0.2) is 0 Å². The van der Waals surface area contributed by atoms with Crippen LogP contribution in [0.15, 0.2) is 28.7 Å². The van der Waals surface area contributed by atoms with Gasteiger partial charge in [0.1, 0.15) is 0 Å². The molecule has 1 aromatic rings. The second kappa shape index (κ2) is 8.28. The first-order valence-electron chi connectivity index (χ1n) is 8.03. The molecule has 1 fully saturated rings. The molecule has 21 heavy (non-hydrogen) atoms. The normalized spacial score (nSPS) is 23.0. The highest BCUT2D eigenvalue weighted by Gasteiger charge is 2.22. The van der Waals surface area contributed by atoms with Crippen molar-refractivity contribution in [2.75, 3.05) is 33.2 Å². The van der Waals surface area contributed by atoms with Crippen LogP contribution in [0.4, 0.5) is 0 Å². The number of rotatable bonds is 5. The van der Waals surface area contributed by atoms with Gasteiger partial charge in [-0.15, -0.1) is 0 Å². The minimum Gasteiger partial charge on any atom is -0.324 e. The molecule has 0 spiro atoms. The Bertz CT molecular complexity index is 421. The predicted molar refractivity (Wildman–Crippen MR) is 93.5 cm³/mol. The number of hydrogen-bond acceptors (Lipinski definition) is 3. The van der Waals surface area contributed by atoms with Crippen molar-refractivity contribution in [3.63, 3.8) is 0 Å². The molecule has 0 bridgehead atoms.